The van der Waals surface area contributed by atoms with Crippen LogP contribution in [0.4, 0.5) is 0 Å². The summed E-state index contributed by atoms with van der Waals surface area (Å²) in [5.41, 5.74) is 0.575. The summed E-state index contributed by atoms with van der Waals surface area (Å²) >= 11 is 0. The van der Waals surface area contributed by atoms with Crippen molar-refractivity contribution >= 4 is 11.8 Å². The molecule has 0 heterocycles. The lowest BCUT2D eigenvalue weighted by Crippen LogP contribution is -2.52. The molecule has 0 radical (unpaired) electrons. The van der Waals surface area contributed by atoms with E-state index in [1.165, 1.54) is 0 Å². The predicted molar refractivity (Wildman–Crippen MR) is 89.7 cm³/mol. The van der Waals surface area contributed by atoms with Crippen LogP contribution in [0.5, 0.6) is 0 Å². The highest BCUT2D eigenvalue weighted by Gasteiger charge is 2.27. The van der Waals surface area contributed by atoms with E-state index in [-0.39, 0.29) is 23.8 Å². The lowest BCUT2D eigenvalue weighted by molar-refractivity contribution is -0.124. The summed E-state index contributed by atoms with van der Waals surface area (Å²) in [7, 11) is 0. The van der Waals surface area contributed by atoms with Crippen LogP contribution in [0, 0.1) is 5.92 Å². The molecule has 0 spiro atoms. The van der Waals surface area contributed by atoms with Crippen molar-refractivity contribution in [2.45, 2.75) is 59.0 Å². The maximum atomic E-state index is 12.5. The summed E-state index contributed by atoms with van der Waals surface area (Å²) in [6.07, 6.45) is 2.61. The molecule has 2 unspecified atom stereocenters. The van der Waals surface area contributed by atoms with Gasteiger partial charge in [0.25, 0.3) is 5.91 Å². The summed E-state index contributed by atoms with van der Waals surface area (Å²) in [5.74, 6) is -0.208. The van der Waals surface area contributed by atoms with Gasteiger partial charge in [-0.25, -0.2) is 0 Å². The number of carbonyl (C=O) groups is 2. The maximum absolute atomic E-state index is 12.5. The second-order valence-electron chi connectivity index (χ2n) is 5.72. The molecule has 2 amide bonds. The molecule has 0 bridgehead atoms. The highest BCUT2D eigenvalue weighted by molar-refractivity contribution is 5.97. The van der Waals surface area contributed by atoms with Gasteiger partial charge < -0.3 is 10.6 Å². The lowest BCUT2D eigenvalue weighted by atomic mass is 9.97. The number of rotatable bonds is 8. The third kappa shape index (κ3) is 5.17. The zero-order valence-corrected chi connectivity index (χ0v) is 14.1. The van der Waals surface area contributed by atoms with Crippen molar-refractivity contribution in [3.63, 3.8) is 0 Å². The number of nitrogens with one attached hydrogen (secondary N) is 2. The van der Waals surface area contributed by atoms with Gasteiger partial charge in [0.15, 0.2) is 0 Å². The minimum Gasteiger partial charge on any atom is -0.352 e. The molecule has 2 atom stereocenters. The van der Waals surface area contributed by atoms with E-state index in [1.807, 2.05) is 32.0 Å². The SMILES string of the molecule is CCC(CC)NC(=O)C(NC(=O)c1ccccc1)C(C)CC. The summed E-state index contributed by atoms with van der Waals surface area (Å²) in [6.45, 7) is 8.11. The number of hydrogen-bond donors (Lipinski definition) is 2. The second-order valence-corrected chi connectivity index (χ2v) is 5.72. The van der Waals surface area contributed by atoms with Gasteiger partial charge >= 0.3 is 0 Å². The summed E-state index contributed by atoms with van der Waals surface area (Å²) in [4.78, 5) is 24.8. The Morgan fingerprint density at radius 3 is 2.05 bits per heavy atom. The number of amides is 2. The third-order valence-corrected chi connectivity index (χ3v) is 4.15. The van der Waals surface area contributed by atoms with E-state index < -0.39 is 6.04 Å². The van der Waals surface area contributed by atoms with E-state index in [4.69, 9.17) is 0 Å². The summed E-state index contributed by atoms with van der Waals surface area (Å²) < 4.78 is 0. The normalized spacial score (nSPS) is 13.5. The Bertz CT molecular complexity index is 469. The molecule has 1 aromatic rings. The lowest BCUT2D eigenvalue weighted by Gasteiger charge is -2.26. The van der Waals surface area contributed by atoms with E-state index in [1.54, 1.807) is 12.1 Å². The van der Waals surface area contributed by atoms with Gasteiger partial charge in [0.1, 0.15) is 6.04 Å². The van der Waals surface area contributed by atoms with E-state index in [2.05, 4.69) is 24.5 Å². The molecule has 1 aromatic carbocycles. The average molecular weight is 304 g/mol. The molecule has 4 heteroatoms. The van der Waals surface area contributed by atoms with Crippen molar-refractivity contribution in [3.05, 3.63) is 35.9 Å². The number of benzene rings is 1. The second kappa shape index (κ2) is 9.23. The van der Waals surface area contributed by atoms with Crippen molar-refractivity contribution in [2.24, 2.45) is 5.92 Å². The number of carbonyl (C=O) groups excluding carboxylic acids is 2. The monoisotopic (exact) mass is 304 g/mol. The van der Waals surface area contributed by atoms with Crippen molar-refractivity contribution in [2.75, 3.05) is 0 Å². The van der Waals surface area contributed by atoms with Crippen LogP contribution >= 0.6 is 0 Å². The van der Waals surface area contributed by atoms with Crippen molar-refractivity contribution in [3.8, 4) is 0 Å². The molecule has 4 nitrogen and oxygen atoms in total. The summed E-state index contributed by atoms with van der Waals surface area (Å²) in [6, 6.07) is 8.66. The maximum Gasteiger partial charge on any atom is 0.251 e. The predicted octanol–water partition coefficient (Wildman–Crippen LogP) is 3.14. The van der Waals surface area contributed by atoms with Crippen molar-refractivity contribution in [1.29, 1.82) is 0 Å². The van der Waals surface area contributed by atoms with Gasteiger partial charge in [-0.1, -0.05) is 52.3 Å². The fourth-order valence-electron chi connectivity index (χ4n) is 2.30. The van der Waals surface area contributed by atoms with Crippen LogP contribution in [0.1, 0.15) is 57.3 Å². The van der Waals surface area contributed by atoms with E-state index in [0.717, 1.165) is 19.3 Å². The first-order valence-electron chi connectivity index (χ1n) is 8.19. The highest BCUT2D eigenvalue weighted by Crippen LogP contribution is 2.11. The molecule has 0 aromatic heterocycles. The quantitative estimate of drug-likeness (QED) is 0.775. The zero-order valence-electron chi connectivity index (χ0n) is 14.1. The van der Waals surface area contributed by atoms with Crippen molar-refractivity contribution in [1.82, 2.24) is 10.6 Å². The van der Waals surface area contributed by atoms with Gasteiger partial charge in [-0.3, -0.25) is 9.59 Å². The Hall–Kier alpha value is -1.84. The highest BCUT2D eigenvalue weighted by atomic mass is 16.2. The van der Waals surface area contributed by atoms with Crippen molar-refractivity contribution < 1.29 is 9.59 Å². The first-order valence-corrected chi connectivity index (χ1v) is 8.19. The molecule has 0 aliphatic rings. The smallest absolute Gasteiger partial charge is 0.251 e. The third-order valence-electron chi connectivity index (χ3n) is 4.15. The van der Waals surface area contributed by atoms with Gasteiger partial charge in [0.05, 0.1) is 0 Å². The first-order chi connectivity index (χ1) is 10.5. The van der Waals surface area contributed by atoms with E-state index >= 15 is 0 Å². The standard InChI is InChI=1S/C18H28N2O2/c1-5-13(4)16(18(22)19-15(6-2)7-3)20-17(21)14-11-9-8-10-12-14/h8-13,15-16H,5-7H2,1-4H3,(H,19,22)(H,20,21). The summed E-state index contributed by atoms with van der Waals surface area (Å²) in [5, 5.41) is 5.92. The largest absolute Gasteiger partial charge is 0.352 e. The minimum absolute atomic E-state index is 0.0852. The molecule has 1 rings (SSSR count). The van der Waals surface area contributed by atoms with Gasteiger partial charge in [-0.2, -0.15) is 0 Å². The molecular formula is C18H28N2O2. The van der Waals surface area contributed by atoms with Crippen LogP contribution in [0.15, 0.2) is 30.3 Å². The van der Waals surface area contributed by atoms with Gasteiger partial charge in [0, 0.05) is 11.6 Å². The van der Waals surface area contributed by atoms with Crippen LogP contribution < -0.4 is 10.6 Å². The molecule has 2 N–H and O–H groups in total. The Morgan fingerprint density at radius 1 is 0.955 bits per heavy atom. The Labute approximate surface area is 133 Å². The minimum atomic E-state index is -0.502. The average Bonchev–Trinajstić information content (AvgIpc) is 2.57. The fourth-order valence-corrected chi connectivity index (χ4v) is 2.30. The zero-order chi connectivity index (χ0) is 16.5. The molecule has 0 aliphatic heterocycles. The van der Waals surface area contributed by atoms with E-state index in [0.29, 0.717) is 5.56 Å². The van der Waals surface area contributed by atoms with Crippen LogP contribution in [0.25, 0.3) is 0 Å². The van der Waals surface area contributed by atoms with Gasteiger partial charge in [0.2, 0.25) is 5.91 Å². The van der Waals surface area contributed by atoms with Crippen LogP contribution in [-0.2, 0) is 4.79 Å². The fraction of sp³-hybridized carbons (Fsp3) is 0.556. The molecular weight excluding hydrogens is 276 g/mol. The van der Waals surface area contributed by atoms with Gasteiger partial charge in [-0.05, 0) is 30.9 Å². The molecule has 22 heavy (non-hydrogen) atoms. The van der Waals surface area contributed by atoms with Crippen LogP contribution in [0.2, 0.25) is 0 Å². The van der Waals surface area contributed by atoms with Crippen LogP contribution in [0.3, 0.4) is 0 Å². The van der Waals surface area contributed by atoms with Gasteiger partial charge in [-0.15, -0.1) is 0 Å². The molecule has 0 saturated heterocycles. The molecule has 122 valence electrons. The Kier molecular flexibility index (Phi) is 7.64. The van der Waals surface area contributed by atoms with E-state index in [9.17, 15) is 9.59 Å². The first kappa shape index (κ1) is 18.2. The molecule has 0 saturated carbocycles. The topological polar surface area (TPSA) is 58.2 Å². The molecule has 0 fully saturated rings. The molecule has 0 aliphatic carbocycles. The van der Waals surface area contributed by atoms with Crippen LogP contribution in [-0.4, -0.2) is 23.9 Å². The number of hydrogen-bond acceptors (Lipinski definition) is 2. The Morgan fingerprint density at radius 2 is 1.55 bits per heavy atom. The Balaban J connectivity index is 2.80.